The molecule has 0 amide bonds. The largest absolute Gasteiger partial charge is 0.309 e. The fourth-order valence-corrected chi connectivity index (χ4v) is 9.52. The lowest BCUT2D eigenvalue weighted by atomic mass is 9.97. The van der Waals surface area contributed by atoms with Crippen LogP contribution in [0.2, 0.25) is 0 Å². The average molecular weight is 805 g/mol. The topological polar surface area (TPSA) is 9.86 Å². The van der Waals surface area contributed by atoms with Crippen LogP contribution in [0.1, 0.15) is 12.5 Å². The van der Waals surface area contributed by atoms with Crippen molar-refractivity contribution in [2.24, 2.45) is 0 Å². The van der Waals surface area contributed by atoms with Gasteiger partial charge in [-0.2, -0.15) is 0 Å². The quantitative estimate of drug-likeness (QED) is 0.129. The standard InChI is InChI=1S/C61H44N2/c1-3-17-45(18-4-2)51-36-33-49(43-21-9-6-10-22-43)41-61(51)63-58-28-16-13-25-53(58)55-40-48(35-38-60(55)63)47-34-37-59-54(39-47)52-24-12-15-27-57(52)62(59)56-26-14-11-23-50(56)46-31-29-44(30-32-46)42-19-7-5-8-20-42/h3-41H,1H2,2H3/b18-4-,45-17+. The van der Waals surface area contributed by atoms with Gasteiger partial charge in [-0.05, 0) is 100.0 Å². The Hall–Kier alpha value is -8.20. The van der Waals surface area contributed by atoms with E-state index >= 15 is 0 Å². The van der Waals surface area contributed by atoms with Crippen molar-refractivity contribution in [3.8, 4) is 55.9 Å². The predicted octanol–water partition coefficient (Wildman–Crippen LogP) is 16.7. The van der Waals surface area contributed by atoms with Crippen LogP contribution >= 0.6 is 0 Å². The minimum absolute atomic E-state index is 1.11. The van der Waals surface area contributed by atoms with E-state index in [1.807, 2.05) is 6.08 Å². The van der Waals surface area contributed by atoms with Gasteiger partial charge in [0.25, 0.3) is 0 Å². The first-order chi connectivity index (χ1) is 31.2. The van der Waals surface area contributed by atoms with Crippen molar-refractivity contribution in [3.05, 3.63) is 249 Å². The molecule has 0 saturated carbocycles. The Labute approximate surface area is 368 Å². The molecule has 298 valence electrons. The van der Waals surface area contributed by atoms with Gasteiger partial charge in [0.1, 0.15) is 0 Å². The van der Waals surface area contributed by atoms with Crippen LogP contribution in [0.5, 0.6) is 0 Å². The summed E-state index contributed by atoms with van der Waals surface area (Å²) < 4.78 is 4.88. The maximum Gasteiger partial charge on any atom is 0.0546 e. The van der Waals surface area contributed by atoms with Crippen LogP contribution < -0.4 is 0 Å². The molecule has 0 radical (unpaired) electrons. The molecule has 2 nitrogen and oxygen atoms in total. The summed E-state index contributed by atoms with van der Waals surface area (Å²) in [7, 11) is 0. The molecule has 0 N–H and O–H groups in total. The summed E-state index contributed by atoms with van der Waals surface area (Å²) in [5.74, 6) is 0. The number of fused-ring (bicyclic) bond motifs is 6. The molecule has 2 heterocycles. The van der Waals surface area contributed by atoms with Crippen LogP contribution in [0.4, 0.5) is 0 Å². The SMILES string of the molecule is C=C/C=C(\C=C/C)c1ccc(-c2ccccc2)cc1-n1c2ccccc2c2cc(-c3ccc4c(c3)c3ccccc3n4-c3ccccc3-c3ccc(-c4ccccc4)cc3)ccc21. The summed E-state index contributed by atoms with van der Waals surface area (Å²) in [6.45, 7) is 6.13. The first-order valence-corrected chi connectivity index (χ1v) is 21.7. The van der Waals surface area contributed by atoms with Crippen LogP contribution in [0.3, 0.4) is 0 Å². The number of allylic oxidation sites excluding steroid dienone is 5. The molecule has 0 spiro atoms. The fourth-order valence-electron chi connectivity index (χ4n) is 9.52. The zero-order chi connectivity index (χ0) is 42.3. The van der Waals surface area contributed by atoms with Crippen LogP contribution in [-0.2, 0) is 0 Å². The van der Waals surface area contributed by atoms with Crippen molar-refractivity contribution in [2.45, 2.75) is 6.92 Å². The van der Waals surface area contributed by atoms with Gasteiger partial charge in [-0.3, -0.25) is 0 Å². The van der Waals surface area contributed by atoms with E-state index in [1.165, 1.54) is 82.6 Å². The molecular weight excluding hydrogens is 761 g/mol. The van der Waals surface area contributed by atoms with Crippen LogP contribution in [0, 0.1) is 0 Å². The van der Waals surface area contributed by atoms with E-state index < -0.39 is 0 Å². The van der Waals surface area contributed by atoms with E-state index in [2.05, 4.69) is 253 Å². The van der Waals surface area contributed by atoms with Gasteiger partial charge in [0.15, 0.2) is 0 Å². The Morgan fingerprint density at radius 1 is 0.381 bits per heavy atom. The highest BCUT2D eigenvalue weighted by Crippen LogP contribution is 2.41. The summed E-state index contributed by atoms with van der Waals surface area (Å²) in [6.07, 6.45) is 8.24. The minimum Gasteiger partial charge on any atom is -0.309 e. The van der Waals surface area contributed by atoms with Gasteiger partial charge in [-0.1, -0.05) is 195 Å². The van der Waals surface area contributed by atoms with Crippen molar-refractivity contribution in [1.29, 1.82) is 0 Å². The summed E-state index contributed by atoms with van der Waals surface area (Å²) in [5.41, 5.74) is 18.8. The highest BCUT2D eigenvalue weighted by molar-refractivity contribution is 6.13. The van der Waals surface area contributed by atoms with Gasteiger partial charge >= 0.3 is 0 Å². The Kier molecular flexibility index (Phi) is 9.60. The van der Waals surface area contributed by atoms with Crippen molar-refractivity contribution < 1.29 is 0 Å². The van der Waals surface area contributed by atoms with Crippen molar-refractivity contribution in [3.63, 3.8) is 0 Å². The molecule has 0 fully saturated rings. The average Bonchev–Trinajstić information content (AvgIpc) is 3.86. The molecule has 2 heteroatoms. The zero-order valence-corrected chi connectivity index (χ0v) is 35.1. The number of nitrogens with zero attached hydrogens (tertiary/aromatic N) is 2. The number of benzene rings is 9. The molecular formula is C61H44N2. The number of para-hydroxylation sites is 3. The lowest BCUT2D eigenvalue weighted by Gasteiger charge is -2.17. The van der Waals surface area contributed by atoms with Gasteiger partial charge < -0.3 is 9.13 Å². The smallest absolute Gasteiger partial charge is 0.0546 e. The molecule has 0 saturated heterocycles. The highest BCUT2D eigenvalue weighted by atomic mass is 15.0. The van der Waals surface area contributed by atoms with Gasteiger partial charge in [-0.15, -0.1) is 0 Å². The van der Waals surface area contributed by atoms with E-state index in [-0.39, 0.29) is 0 Å². The summed E-state index contributed by atoms with van der Waals surface area (Å²) in [4.78, 5) is 0. The normalized spacial score (nSPS) is 12.0. The molecule has 11 rings (SSSR count). The first kappa shape index (κ1) is 37.8. The molecule has 0 aliphatic rings. The Bertz CT molecular complexity index is 3560. The van der Waals surface area contributed by atoms with Crippen LogP contribution in [0.25, 0.3) is 105 Å². The van der Waals surface area contributed by atoms with Crippen molar-refractivity contribution in [2.75, 3.05) is 0 Å². The van der Waals surface area contributed by atoms with Crippen molar-refractivity contribution in [1.82, 2.24) is 9.13 Å². The van der Waals surface area contributed by atoms with E-state index in [0.717, 1.165) is 28.0 Å². The minimum atomic E-state index is 1.11. The maximum atomic E-state index is 4.07. The Morgan fingerprint density at radius 2 is 0.825 bits per heavy atom. The third-order valence-corrected chi connectivity index (χ3v) is 12.4. The van der Waals surface area contributed by atoms with Gasteiger partial charge in [0.2, 0.25) is 0 Å². The third-order valence-electron chi connectivity index (χ3n) is 12.4. The van der Waals surface area contributed by atoms with E-state index in [4.69, 9.17) is 0 Å². The second kappa shape index (κ2) is 16.0. The molecule has 0 aliphatic carbocycles. The molecule has 63 heavy (non-hydrogen) atoms. The van der Waals surface area contributed by atoms with Crippen molar-refractivity contribution >= 4 is 49.2 Å². The van der Waals surface area contributed by atoms with E-state index in [1.54, 1.807) is 0 Å². The molecule has 9 aromatic carbocycles. The number of aromatic nitrogens is 2. The second-order valence-electron chi connectivity index (χ2n) is 16.1. The van der Waals surface area contributed by atoms with E-state index in [9.17, 15) is 0 Å². The van der Waals surface area contributed by atoms with Crippen LogP contribution in [-0.4, -0.2) is 9.13 Å². The molecule has 2 aromatic heterocycles. The predicted molar refractivity (Wildman–Crippen MR) is 270 cm³/mol. The summed E-state index contributed by atoms with van der Waals surface area (Å²) >= 11 is 0. The molecule has 11 aromatic rings. The molecule has 0 bridgehead atoms. The van der Waals surface area contributed by atoms with Gasteiger partial charge in [0, 0.05) is 32.7 Å². The number of rotatable bonds is 9. The lowest BCUT2D eigenvalue weighted by molar-refractivity contribution is 1.17. The number of hydrogen-bond donors (Lipinski definition) is 0. The van der Waals surface area contributed by atoms with E-state index in [0.29, 0.717) is 0 Å². The van der Waals surface area contributed by atoms with Crippen LogP contribution in [0.15, 0.2) is 243 Å². The van der Waals surface area contributed by atoms with Gasteiger partial charge in [-0.25, -0.2) is 0 Å². The number of hydrogen-bond acceptors (Lipinski definition) is 0. The Morgan fingerprint density at radius 3 is 1.43 bits per heavy atom. The molecule has 0 aliphatic heterocycles. The monoisotopic (exact) mass is 804 g/mol. The summed E-state index contributed by atoms with van der Waals surface area (Å²) in [6, 6.07) is 77.4. The first-order valence-electron chi connectivity index (χ1n) is 21.7. The summed E-state index contributed by atoms with van der Waals surface area (Å²) in [5, 5.41) is 4.90. The van der Waals surface area contributed by atoms with Gasteiger partial charge in [0.05, 0.1) is 33.4 Å². The lowest BCUT2D eigenvalue weighted by Crippen LogP contribution is -2.00. The Balaban J connectivity index is 1.06. The molecule has 0 unspecified atom stereocenters. The zero-order valence-electron chi connectivity index (χ0n) is 35.1. The second-order valence-corrected chi connectivity index (χ2v) is 16.1. The maximum absolute atomic E-state index is 4.07. The molecule has 0 atom stereocenters. The fraction of sp³-hybridized carbons (Fsp3) is 0.0164. The highest BCUT2D eigenvalue weighted by Gasteiger charge is 2.20. The third kappa shape index (κ3) is 6.61.